The number of aromatic nitrogens is 2. The van der Waals surface area contributed by atoms with Crippen LogP contribution in [-0.2, 0) is 14.1 Å². The second kappa shape index (κ2) is 5.79. The molecule has 0 fully saturated rings. The topological polar surface area (TPSA) is 62.4 Å². The van der Waals surface area contributed by atoms with Crippen molar-refractivity contribution in [3.63, 3.8) is 0 Å². The van der Waals surface area contributed by atoms with Crippen molar-refractivity contribution >= 4 is 88.3 Å². The van der Waals surface area contributed by atoms with Crippen LogP contribution in [0.25, 0.3) is 88.3 Å². The molecule has 0 spiro atoms. The van der Waals surface area contributed by atoms with Crippen LogP contribution in [0.15, 0.2) is 66.2 Å². The van der Waals surface area contributed by atoms with Gasteiger partial charge in [0.2, 0.25) is 0 Å². The van der Waals surface area contributed by atoms with Crippen LogP contribution in [0.2, 0.25) is 0 Å². The van der Waals surface area contributed by atoms with Gasteiger partial charge >= 0.3 is 0 Å². The molecule has 0 unspecified atom stereocenters. The highest BCUT2D eigenvalue weighted by Gasteiger charge is 2.26. The fourth-order valence-electron chi connectivity index (χ4n) is 6.10. The fraction of sp³-hybridized carbons (Fsp3) is 0.133. The molecule has 174 valence electrons. The molecule has 0 bridgehead atoms. The summed E-state index contributed by atoms with van der Waals surface area (Å²) in [5, 5.41) is 3.97. The van der Waals surface area contributed by atoms with Gasteiger partial charge in [-0.05, 0) is 61.4 Å². The molecule has 9 rings (SSSR count). The molecule has 0 aliphatic carbocycles. The SMILES string of the molecule is Cc1ccc2c3oc4c5cc6oc7c(oc8c9ccc(C)cc9n(C)c87)c6cc5oc4c3n(C)c2c1. The Bertz CT molecular complexity index is 2240. The minimum Gasteiger partial charge on any atom is -0.450 e. The van der Waals surface area contributed by atoms with E-state index >= 15 is 0 Å². The van der Waals surface area contributed by atoms with E-state index in [1.54, 1.807) is 0 Å². The molecule has 3 aromatic carbocycles. The molecule has 6 heterocycles. The second-order valence-corrected chi connectivity index (χ2v) is 10.1. The van der Waals surface area contributed by atoms with Crippen LogP contribution in [0.4, 0.5) is 0 Å². The Morgan fingerprint density at radius 3 is 1.36 bits per heavy atom. The fourth-order valence-corrected chi connectivity index (χ4v) is 6.10. The molecule has 36 heavy (non-hydrogen) atoms. The third kappa shape index (κ3) is 1.98. The van der Waals surface area contributed by atoms with Gasteiger partial charge in [0.1, 0.15) is 22.2 Å². The normalized spacial score (nSPS) is 13.0. The largest absolute Gasteiger partial charge is 0.450 e. The zero-order valence-corrected chi connectivity index (χ0v) is 20.1. The highest BCUT2D eigenvalue weighted by molar-refractivity contribution is 6.23. The first-order chi connectivity index (χ1) is 17.5. The third-order valence-electron chi connectivity index (χ3n) is 7.87. The summed E-state index contributed by atoms with van der Waals surface area (Å²) >= 11 is 0. The smallest absolute Gasteiger partial charge is 0.198 e. The van der Waals surface area contributed by atoms with Gasteiger partial charge in [0.25, 0.3) is 0 Å². The third-order valence-corrected chi connectivity index (χ3v) is 7.87. The highest BCUT2D eigenvalue weighted by atomic mass is 16.4. The summed E-state index contributed by atoms with van der Waals surface area (Å²) in [7, 11) is 4.11. The zero-order valence-electron chi connectivity index (χ0n) is 20.1. The number of rotatable bonds is 0. The maximum absolute atomic E-state index is 6.44. The maximum Gasteiger partial charge on any atom is 0.198 e. The van der Waals surface area contributed by atoms with Crippen LogP contribution in [0.3, 0.4) is 0 Å². The molecule has 0 radical (unpaired) electrons. The molecule has 0 saturated carbocycles. The quantitative estimate of drug-likeness (QED) is 0.222. The summed E-state index contributed by atoms with van der Waals surface area (Å²) < 4.78 is 30.1. The molecule has 6 nitrogen and oxygen atoms in total. The van der Waals surface area contributed by atoms with Gasteiger partial charge in [0.05, 0.1) is 21.8 Å². The summed E-state index contributed by atoms with van der Waals surface area (Å²) in [4.78, 5) is 0. The standard InChI is InChI=1S/C30H20N2O4/c1-13-5-7-15-19(9-13)31(3)23-25(15)35-27-17-11-22-18(12-21(17)33-29(23)27)28-30(34-22)24-26(36-28)16-8-6-14(2)10-20(16)32(24)4/h5-12H,1-4H3. The lowest BCUT2D eigenvalue weighted by Crippen LogP contribution is -1.86. The van der Waals surface area contributed by atoms with E-state index < -0.39 is 0 Å². The van der Waals surface area contributed by atoms with Crippen molar-refractivity contribution < 1.29 is 17.7 Å². The number of nitrogens with zero attached hydrogens (tertiary/aromatic N) is 2. The van der Waals surface area contributed by atoms with E-state index in [0.717, 1.165) is 88.3 Å². The predicted molar refractivity (Wildman–Crippen MR) is 143 cm³/mol. The molecule has 0 saturated heterocycles. The number of fused-ring (bicyclic) bond motifs is 14. The average molecular weight is 473 g/mol. The Balaban J connectivity index is 1.38. The van der Waals surface area contributed by atoms with Gasteiger partial charge in [-0.25, -0.2) is 0 Å². The van der Waals surface area contributed by atoms with E-state index in [9.17, 15) is 0 Å². The molecule has 9 aromatic rings. The Labute approximate surface area is 202 Å². The Hall–Kier alpha value is -4.58. The van der Waals surface area contributed by atoms with Crippen molar-refractivity contribution in [3.8, 4) is 0 Å². The first-order valence-corrected chi connectivity index (χ1v) is 12.1. The van der Waals surface area contributed by atoms with Gasteiger partial charge < -0.3 is 26.8 Å². The highest BCUT2D eigenvalue weighted by Crippen LogP contribution is 2.45. The summed E-state index contributed by atoms with van der Waals surface area (Å²) in [6.07, 6.45) is 0. The lowest BCUT2D eigenvalue weighted by Gasteiger charge is -1.97. The molecule has 0 atom stereocenters. The van der Waals surface area contributed by atoms with Crippen LogP contribution in [0, 0.1) is 13.8 Å². The van der Waals surface area contributed by atoms with Gasteiger partial charge in [-0.2, -0.15) is 0 Å². The monoisotopic (exact) mass is 472 g/mol. The maximum atomic E-state index is 6.44. The first kappa shape index (κ1) is 18.7. The summed E-state index contributed by atoms with van der Waals surface area (Å²) in [6, 6.07) is 16.8. The molecule has 6 heteroatoms. The van der Waals surface area contributed by atoms with Crippen LogP contribution >= 0.6 is 0 Å². The summed E-state index contributed by atoms with van der Waals surface area (Å²) in [5.41, 5.74) is 12.8. The van der Waals surface area contributed by atoms with E-state index in [1.165, 1.54) is 11.1 Å². The second-order valence-electron chi connectivity index (χ2n) is 10.1. The Morgan fingerprint density at radius 1 is 0.472 bits per heavy atom. The number of furan rings is 4. The minimum absolute atomic E-state index is 0.744. The van der Waals surface area contributed by atoms with Gasteiger partial charge in [-0.15, -0.1) is 0 Å². The summed E-state index contributed by atoms with van der Waals surface area (Å²) in [5.74, 6) is 0. The number of aryl methyl sites for hydroxylation is 4. The molecular formula is C30H20N2O4. The van der Waals surface area contributed by atoms with Crippen molar-refractivity contribution in [3.05, 3.63) is 59.7 Å². The van der Waals surface area contributed by atoms with Crippen molar-refractivity contribution in [2.24, 2.45) is 14.1 Å². The lowest BCUT2D eigenvalue weighted by molar-refractivity contribution is 0.654. The first-order valence-electron chi connectivity index (χ1n) is 12.1. The van der Waals surface area contributed by atoms with Gasteiger partial charge in [-0.1, -0.05) is 12.1 Å². The van der Waals surface area contributed by atoms with Crippen molar-refractivity contribution in [2.75, 3.05) is 0 Å². The molecular weight excluding hydrogens is 452 g/mol. The van der Waals surface area contributed by atoms with Gasteiger partial charge in [0, 0.05) is 24.9 Å². The number of hydrogen-bond donors (Lipinski definition) is 0. The zero-order chi connectivity index (χ0) is 24.0. The van der Waals surface area contributed by atoms with Gasteiger partial charge in [-0.3, -0.25) is 0 Å². The van der Waals surface area contributed by atoms with Crippen LogP contribution in [0.5, 0.6) is 0 Å². The number of hydrogen-bond acceptors (Lipinski definition) is 4. The van der Waals surface area contributed by atoms with Crippen molar-refractivity contribution in [2.45, 2.75) is 13.8 Å². The van der Waals surface area contributed by atoms with E-state index in [1.807, 2.05) is 12.1 Å². The molecule has 0 N–H and O–H groups in total. The summed E-state index contributed by atoms with van der Waals surface area (Å²) in [6.45, 7) is 4.20. The Kier molecular flexibility index (Phi) is 3.01. The molecule has 6 aromatic heterocycles. The molecule has 0 amide bonds. The van der Waals surface area contributed by atoms with E-state index in [0.29, 0.717) is 0 Å². The number of benzene rings is 3. The average Bonchev–Trinajstić information content (AvgIpc) is 3.65. The van der Waals surface area contributed by atoms with Crippen LogP contribution in [-0.4, -0.2) is 9.13 Å². The van der Waals surface area contributed by atoms with Crippen LogP contribution < -0.4 is 0 Å². The minimum atomic E-state index is 0.744. The molecule has 0 aliphatic heterocycles. The van der Waals surface area contributed by atoms with E-state index in [-0.39, 0.29) is 0 Å². The lowest BCUT2D eigenvalue weighted by atomic mass is 10.2. The predicted octanol–water partition coefficient (Wildman–Crippen LogP) is 8.58. The van der Waals surface area contributed by atoms with E-state index in [2.05, 4.69) is 73.5 Å². The van der Waals surface area contributed by atoms with E-state index in [4.69, 9.17) is 17.7 Å². The van der Waals surface area contributed by atoms with Crippen LogP contribution in [0.1, 0.15) is 11.1 Å². The molecule has 0 aliphatic rings. The Morgan fingerprint density at radius 2 is 0.917 bits per heavy atom. The van der Waals surface area contributed by atoms with Crippen molar-refractivity contribution in [1.29, 1.82) is 0 Å². The van der Waals surface area contributed by atoms with Crippen molar-refractivity contribution in [1.82, 2.24) is 9.13 Å². The van der Waals surface area contributed by atoms with Gasteiger partial charge in [0.15, 0.2) is 33.5 Å².